The molecule has 1 aliphatic rings. The number of aliphatic hydroxyl groups excluding tert-OH is 2. The lowest BCUT2D eigenvalue weighted by molar-refractivity contribution is -1.11. The van der Waals surface area contributed by atoms with Crippen molar-refractivity contribution in [2.24, 2.45) is 0 Å². The van der Waals surface area contributed by atoms with Crippen molar-refractivity contribution >= 4 is 5.97 Å². The molecule has 0 radical (unpaired) electrons. The summed E-state index contributed by atoms with van der Waals surface area (Å²) < 4.78 is 5.14. The van der Waals surface area contributed by atoms with Crippen LogP contribution in [0.2, 0.25) is 0 Å². The summed E-state index contributed by atoms with van der Waals surface area (Å²) in [6, 6.07) is 9.46. The van der Waals surface area contributed by atoms with Crippen molar-refractivity contribution in [3.05, 3.63) is 35.9 Å². The highest BCUT2D eigenvalue weighted by atomic mass is 16.7. The Labute approximate surface area is 124 Å². The predicted octanol–water partition coefficient (Wildman–Crippen LogP) is 0.583. The monoisotopic (exact) mass is 296 g/mol. The van der Waals surface area contributed by atoms with Gasteiger partial charge in [-0.15, -0.1) is 0 Å². The van der Waals surface area contributed by atoms with Crippen LogP contribution < -0.4 is 0 Å². The highest BCUT2D eigenvalue weighted by Crippen LogP contribution is 2.20. The Morgan fingerprint density at radius 1 is 1.33 bits per heavy atom. The van der Waals surface area contributed by atoms with Gasteiger partial charge in [-0.05, 0) is 5.56 Å². The van der Waals surface area contributed by atoms with Crippen LogP contribution in [0.5, 0.6) is 0 Å². The number of benzene rings is 1. The molecule has 0 aromatic heterocycles. The molecule has 2 N–H and O–H groups in total. The fourth-order valence-electron chi connectivity index (χ4n) is 2.37. The summed E-state index contributed by atoms with van der Waals surface area (Å²) in [6.45, 7) is 1.13. The van der Waals surface area contributed by atoms with Crippen LogP contribution in [0.15, 0.2) is 30.3 Å². The van der Waals surface area contributed by atoms with Gasteiger partial charge in [0.25, 0.3) is 0 Å². The molecule has 2 rings (SSSR count). The minimum Gasteiger partial charge on any atom is -0.461 e. The lowest BCUT2D eigenvalue weighted by Crippen LogP contribution is -2.47. The van der Waals surface area contributed by atoms with Crippen molar-refractivity contribution in [2.45, 2.75) is 25.6 Å². The van der Waals surface area contributed by atoms with Crippen LogP contribution >= 0.6 is 0 Å². The third kappa shape index (κ3) is 4.78. The number of esters is 1. The average molecular weight is 296 g/mol. The molecule has 1 aromatic rings. The van der Waals surface area contributed by atoms with Crippen molar-refractivity contribution in [1.82, 2.24) is 0 Å². The van der Waals surface area contributed by atoms with E-state index in [1.165, 1.54) is 0 Å². The zero-order valence-electron chi connectivity index (χ0n) is 12.0. The standard InChI is InChI=1S/C15H22NO5/c17-12-16(8-6-14(18)10-16)21-9-7-15(19)20-11-13-4-2-1-3-5-13/h1-5,14,17-18H,6-12H2/q+1/t14-,16?/m1/s1. The summed E-state index contributed by atoms with van der Waals surface area (Å²) in [6.07, 6.45) is 0.268. The van der Waals surface area contributed by atoms with E-state index in [2.05, 4.69) is 0 Å². The van der Waals surface area contributed by atoms with Crippen molar-refractivity contribution in [3.63, 3.8) is 0 Å². The molecule has 1 fully saturated rings. The van der Waals surface area contributed by atoms with Gasteiger partial charge in [0.15, 0.2) is 0 Å². The zero-order valence-corrected chi connectivity index (χ0v) is 12.0. The van der Waals surface area contributed by atoms with E-state index in [1.54, 1.807) is 0 Å². The van der Waals surface area contributed by atoms with E-state index in [1.807, 2.05) is 30.3 Å². The summed E-state index contributed by atoms with van der Waals surface area (Å²) in [5, 5.41) is 18.9. The van der Waals surface area contributed by atoms with Gasteiger partial charge in [-0.25, -0.2) is 4.84 Å². The highest BCUT2D eigenvalue weighted by molar-refractivity contribution is 5.69. The maximum atomic E-state index is 11.6. The Balaban J connectivity index is 1.67. The third-order valence-corrected chi connectivity index (χ3v) is 3.59. The van der Waals surface area contributed by atoms with E-state index in [0.29, 0.717) is 19.5 Å². The topological polar surface area (TPSA) is 76.0 Å². The van der Waals surface area contributed by atoms with Gasteiger partial charge >= 0.3 is 5.97 Å². The lowest BCUT2D eigenvalue weighted by Gasteiger charge is -2.28. The van der Waals surface area contributed by atoms with E-state index in [-0.39, 0.29) is 37.0 Å². The molecule has 1 saturated heterocycles. The minimum atomic E-state index is -0.456. The van der Waals surface area contributed by atoms with E-state index in [9.17, 15) is 15.0 Å². The third-order valence-electron chi connectivity index (χ3n) is 3.59. The molecule has 6 nitrogen and oxygen atoms in total. The van der Waals surface area contributed by atoms with E-state index < -0.39 is 6.10 Å². The van der Waals surface area contributed by atoms with Gasteiger partial charge in [-0.3, -0.25) is 4.79 Å². The van der Waals surface area contributed by atoms with Gasteiger partial charge in [-0.1, -0.05) is 30.3 Å². The lowest BCUT2D eigenvalue weighted by atomic mass is 10.2. The van der Waals surface area contributed by atoms with Gasteiger partial charge in [0.05, 0.1) is 6.42 Å². The van der Waals surface area contributed by atoms with Crippen LogP contribution in [0.4, 0.5) is 0 Å². The zero-order chi connectivity index (χ0) is 15.1. The normalized spacial score (nSPS) is 25.0. The molecular weight excluding hydrogens is 274 g/mol. The van der Waals surface area contributed by atoms with Crippen molar-refractivity contribution in [2.75, 3.05) is 26.4 Å². The summed E-state index contributed by atoms with van der Waals surface area (Å²) in [7, 11) is 0. The number of aliphatic hydroxyl groups is 2. The fourth-order valence-corrected chi connectivity index (χ4v) is 2.37. The molecule has 0 saturated carbocycles. The van der Waals surface area contributed by atoms with E-state index in [0.717, 1.165) is 5.56 Å². The van der Waals surface area contributed by atoms with E-state index >= 15 is 0 Å². The molecule has 116 valence electrons. The van der Waals surface area contributed by atoms with Crippen LogP contribution in [-0.4, -0.2) is 53.4 Å². The molecule has 1 unspecified atom stereocenters. The summed E-state index contributed by atoms with van der Waals surface area (Å²) >= 11 is 0. The number of carbonyl (C=O) groups excluding carboxylic acids is 1. The van der Waals surface area contributed by atoms with Gasteiger partial charge in [0.1, 0.15) is 32.4 Å². The van der Waals surface area contributed by atoms with Crippen LogP contribution in [0, 0.1) is 0 Å². The Bertz CT molecular complexity index is 453. The summed E-state index contributed by atoms with van der Waals surface area (Å²) in [5.41, 5.74) is 0.938. The number of nitrogens with zero attached hydrogens (tertiary/aromatic N) is 1. The average Bonchev–Trinajstić information content (AvgIpc) is 2.88. The molecule has 0 bridgehead atoms. The molecule has 1 heterocycles. The Hall–Kier alpha value is -1.47. The molecular formula is C15H22NO5+. The van der Waals surface area contributed by atoms with Crippen LogP contribution in [0.25, 0.3) is 0 Å². The molecule has 6 heteroatoms. The second-order valence-electron chi connectivity index (χ2n) is 5.28. The summed E-state index contributed by atoms with van der Waals surface area (Å²) in [4.78, 5) is 17.2. The smallest absolute Gasteiger partial charge is 0.308 e. The number of quaternary nitrogens is 1. The molecule has 1 aromatic carbocycles. The fraction of sp³-hybridized carbons (Fsp3) is 0.533. The van der Waals surface area contributed by atoms with Crippen molar-refractivity contribution < 1.29 is 29.2 Å². The first-order valence-electron chi connectivity index (χ1n) is 7.13. The number of hydroxylamine groups is 3. The van der Waals surface area contributed by atoms with Crippen LogP contribution in [-0.2, 0) is 21.0 Å². The molecule has 0 aliphatic carbocycles. The number of hydrogen-bond donors (Lipinski definition) is 2. The number of hydrogen-bond acceptors (Lipinski definition) is 5. The Morgan fingerprint density at radius 2 is 2.10 bits per heavy atom. The number of rotatable bonds is 7. The highest BCUT2D eigenvalue weighted by Gasteiger charge is 2.39. The quantitative estimate of drug-likeness (QED) is 0.569. The number of carbonyl (C=O) groups is 1. The van der Waals surface area contributed by atoms with Gasteiger partial charge in [-0.2, -0.15) is 4.65 Å². The first-order valence-corrected chi connectivity index (χ1v) is 7.13. The SMILES string of the molecule is O=C(CCO[N+]1(CO)CC[C@@H](O)C1)OCc1ccccc1. The molecule has 21 heavy (non-hydrogen) atoms. The first kappa shape index (κ1) is 15.9. The Kier molecular flexibility index (Phi) is 5.69. The molecule has 0 amide bonds. The second-order valence-corrected chi connectivity index (χ2v) is 5.28. The molecule has 0 spiro atoms. The number of ether oxygens (including phenoxy) is 1. The van der Waals surface area contributed by atoms with Crippen LogP contribution in [0.3, 0.4) is 0 Å². The van der Waals surface area contributed by atoms with Gasteiger partial charge in [0, 0.05) is 6.42 Å². The second kappa shape index (κ2) is 7.51. The van der Waals surface area contributed by atoms with Gasteiger partial charge < -0.3 is 14.9 Å². The maximum Gasteiger partial charge on any atom is 0.308 e. The molecule has 1 aliphatic heterocycles. The maximum absolute atomic E-state index is 11.6. The van der Waals surface area contributed by atoms with Crippen LogP contribution in [0.1, 0.15) is 18.4 Å². The Morgan fingerprint density at radius 3 is 2.71 bits per heavy atom. The first-order chi connectivity index (χ1) is 10.1. The predicted molar refractivity (Wildman–Crippen MR) is 74.5 cm³/mol. The van der Waals surface area contributed by atoms with Crippen molar-refractivity contribution in [1.29, 1.82) is 0 Å². The molecule has 2 atom stereocenters. The van der Waals surface area contributed by atoms with Crippen molar-refractivity contribution in [3.8, 4) is 0 Å². The largest absolute Gasteiger partial charge is 0.461 e. The minimum absolute atomic E-state index is 0.00681. The van der Waals surface area contributed by atoms with Gasteiger partial charge in [0.2, 0.25) is 6.73 Å². The summed E-state index contributed by atoms with van der Waals surface area (Å²) in [5.74, 6) is -0.338. The van der Waals surface area contributed by atoms with E-state index in [4.69, 9.17) is 9.57 Å². The number of likely N-dealkylation sites (tertiary alicyclic amines) is 1.